The molecule has 0 fully saturated rings. The van der Waals surface area contributed by atoms with E-state index in [4.69, 9.17) is 0 Å². The second kappa shape index (κ2) is 8.47. The Morgan fingerprint density at radius 3 is 2.65 bits per heavy atom. The van der Waals surface area contributed by atoms with E-state index in [1.165, 1.54) is 12.3 Å². The fraction of sp³-hybridized carbons (Fsp3) is 0.571. The molecule has 6 heteroatoms. The molecular weight excluding hydrogens is 259 g/mol. The molecule has 0 bridgehead atoms. The van der Waals surface area contributed by atoms with Gasteiger partial charge in [0.15, 0.2) is 11.6 Å². The van der Waals surface area contributed by atoms with E-state index < -0.39 is 11.7 Å². The van der Waals surface area contributed by atoms with Gasteiger partial charge in [0, 0.05) is 25.8 Å². The molecule has 0 aliphatic rings. The number of likely N-dealkylation sites (N-methyl/N-ethyl adjacent to an activating group) is 1. The van der Waals surface area contributed by atoms with Gasteiger partial charge in [-0.05, 0) is 26.1 Å². The van der Waals surface area contributed by atoms with Crippen LogP contribution in [-0.2, 0) is 0 Å². The third-order valence-corrected chi connectivity index (χ3v) is 3.09. The van der Waals surface area contributed by atoms with Crippen LogP contribution in [0.2, 0.25) is 0 Å². The van der Waals surface area contributed by atoms with E-state index in [1.807, 2.05) is 6.92 Å². The van der Waals surface area contributed by atoms with Crippen molar-refractivity contribution in [1.29, 1.82) is 0 Å². The van der Waals surface area contributed by atoms with Gasteiger partial charge < -0.3 is 15.5 Å². The van der Waals surface area contributed by atoms with Gasteiger partial charge in [0.25, 0.3) is 5.91 Å². The number of carbonyl (C=O) groups excluding carboxylic acids is 1. The summed E-state index contributed by atoms with van der Waals surface area (Å²) in [7, 11) is 0. The monoisotopic (exact) mass is 282 g/mol. The Labute approximate surface area is 119 Å². The van der Waals surface area contributed by atoms with E-state index in [0.29, 0.717) is 13.1 Å². The molecule has 0 unspecified atom stereocenters. The summed E-state index contributed by atoms with van der Waals surface area (Å²) >= 11 is 0. The van der Waals surface area contributed by atoms with Crippen molar-refractivity contribution in [3.8, 4) is 0 Å². The second-order valence-corrected chi connectivity index (χ2v) is 4.33. The van der Waals surface area contributed by atoms with Gasteiger partial charge >= 0.3 is 0 Å². The number of nitrogens with zero attached hydrogens (tertiary/aromatic N) is 2. The highest BCUT2D eigenvalue weighted by Gasteiger charge is 2.15. The van der Waals surface area contributed by atoms with Crippen LogP contribution in [0.15, 0.2) is 12.3 Å². The van der Waals surface area contributed by atoms with E-state index >= 15 is 0 Å². The Bertz CT molecular complexity index is 435. The van der Waals surface area contributed by atoms with Crippen LogP contribution in [0.1, 0.15) is 31.1 Å². The standard InChI is InChI=1S/C14H23FN4O/c1-4-16-13-12(15)11(7-8-17-13)14(20)18-9-10-19(5-2)6-3/h7-8H,4-6,9-10H2,1-3H3,(H,16,17)(H,18,20). The third kappa shape index (κ3) is 4.45. The molecule has 1 amide bonds. The van der Waals surface area contributed by atoms with Crippen molar-refractivity contribution in [2.75, 3.05) is 38.0 Å². The van der Waals surface area contributed by atoms with Crippen LogP contribution in [0.3, 0.4) is 0 Å². The Morgan fingerprint density at radius 1 is 1.35 bits per heavy atom. The first-order chi connectivity index (χ1) is 9.63. The minimum absolute atomic E-state index is 0.0236. The van der Waals surface area contributed by atoms with E-state index in [1.54, 1.807) is 0 Å². The molecule has 0 spiro atoms. The van der Waals surface area contributed by atoms with Gasteiger partial charge in [0.2, 0.25) is 0 Å². The zero-order valence-corrected chi connectivity index (χ0v) is 12.4. The van der Waals surface area contributed by atoms with E-state index in [-0.39, 0.29) is 11.4 Å². The summed E-state index contributed by atoms with van der Waals surface area (Å²) in [5.74, 6) is -0.894. The minimum atomic E-state index is -0.602. The number of hydrogen-bond acceptors (Lipinski definition) is 4. The maximum atomic E-state index is 14.0. The summed E-state index contributed by atoms with van der Waals surface area (Å²) in [5.41, 5.74) is 0.0236. The van der Waals surface area contributed by atoms with Gasteiger partial charge in [0.1, 0.15) is 0 Å². The first-order valence-electron chi connectivity index (χ1n) is 7.02. The summed E-state index contributed by atoms with van der Waals surface area (Å²) in [5, 5.41) is 5.52. The molecular formula is C14H23FN4O. The van der Waals surface area contributed by atoms with E-state index in [9.17, 15) is 9.18 Å². The van der Waals surface area contributed by atoms with Gasteiger partial charge in [-0.15, -0.1) is 0 Å². The first kappa shape index (κ1) is 16.4. The molecule has 1 aromatic rings. The molecule has 1 rings (SSSR count). The number of carbonyl (C=O) groups is 1. The van der Waals surface area contributed by atoms with Gasteiger partial charge in [0.05, 0.1) is 5.56 Å². The molecule has 1 aromatic heterocycles. The number of halogens is 1. The van der Waals surface area contributed by atoms with Crippen molar-refractivity contribution in [2.45, 2.75) is 20.8 Å². The summed E-state index contributed by atoms with van der Waals surface area (Å²) < 4.78 is 14.0. The maximum Gasteiger partial charge on any atom is 0.254 e. The molecule has 5 nitrogen and oxygen atoms in total. The molecule has 20 heavy (non-hydrogen) atoms. The van der Waals surface area contributed by atoms with Crippen LogP contribution in [-0.4, -0.2) is 48.5 Å². The number of hydrogen-bond donors (Lipinski definition) is 2. The van der Waals surface area contributed by atoms with Crippen molar-refractivity contribution < 1.29 is 9.18 Å². The average molecular weight is 282 g/mol. The van der Waals surface area contributed by atoms with Crippen molar-refractivity contribution in [1.82, 2.24) is 15.2 Å². The predicted octanol–water partition coefficient (Wildman–Crippen LogP) is 1.72. The van der Waals surface area contributed by atoms with Crippen LogP contribution in [0.5, 0.6) is 0 Å². The molecule has 0 aromatic carbocycles. The van der Waals surface area contributed by atoms with Crippen molar-refractivity contribution in [2.24, 2.45) is 0 Å². The molecule has 0 saturated heterocycles. The SMILES string of the molecule is CCNc1nccc(C(=O)NCCN(CC)CC)c1F. The zero-order valence-electron chi connectivity index (χ0n) is 12.4. The fourth-order valence-corrected chi connectivity index (χ4v) is 1.87. The highest BCUT2D eigenvalue weighted by molar-refractivity contribution is 5.95. The molecule has 1 heterocycles. The first-order valence-corrected chi connectivity index (χ1v) is 7.02. The predicted molar refractivity (Wildman–Crippen MR) is 78.5 cm³/mol. The van der Waals surface area contributed by atoms with Crippen molar-refractivity contribution in [3.63, 3.8) is 0 Å². The van der Waals surface area contributed by atoms with Crippen molar-refractivity contribution >= 4 is 11.7 Å². The highest BCUT2D eigenvalue weighted by Crippen LogP contribution is 2.14. The number of anilines is 1. The Kier molecular flexibility index (Phi) is 6.93. The summed E-state index contributed by atoms with van der Waals surface area (Å²) in [6.07, 6.45) is 1.43. The average Bonchev–Trinajstić information content (AvgIpc) is 2.46. The van der Waals surface area contributed by atoms with Crippen LogP contribution >= 0.6 is 0 Å². The quantitative estimate of drug-likeness (QED) is 0.762. The third-order valence-electron chi connectivity index (χ3n) is 3.09. The normalized spacial score (nSPS) is 10.7. The van der Waals surface area contributed by atoms with Crippen LogP contribution in [0, 0.1) is 5.82 Å². The fourth-order valence-electron chi connectivity index (χ4n) is 1.87. The largest absolute Gasteiger partial charge is 0.368 e. The number of rotatable bonds is 8. The van der Waals surface area contributed by atoms with Gasteiger partial charge in [-0.2, -0.15) is 0 Å². The summed E-state index contributed by atoms with van der Waals surface area (Å²) in [4.78, 5) is 18.0. The van der Waals surface area contributed by atoms with Gasteiger partial charge in [-0.25, -0.2) is 9.37 Å². The number of nitrogens with one attached hydrogen (secondary N) is 2. The molecule has 0 saturated carbocycles. The smallest absolute Gasteiger partial charge is 0.254 e. The molecule has 0 atom stereocenters. The minimum Gasteiger partial charge on any atom is -0.368 e. The van der Waals surface area contributed by atoms with Crippen LogP contribution in [0.25, 0.3) is 0 Å². The van der Waals surface area contributed by atoms with Crippen LogP contribution in [0.4, 0.5) is 10.2 Å². The van der Waals surface area contributed by atoms with Gasteiger partial charge in [-0.1, -0.05) is 13.8 Å². The molecule has 0 radical (unpaired) electrons. The topological polar surface area (TPSA) is 57.3 Å². The zero-order chi connectivity index (χ0) is 15.0. The lowest BCUT2D eigenvalue weighted by Gasteiger charge is -2.18. The number of aromatic nitrogens is 1. The molecule has 112 valence electrons. The molecule has 2 N–H and O–H groups in total. The Hall–Kier alpha value is -1.69. The Morgan fingerprint density at radius 2 is 2.05 bits per heavy atom. The summed E-state index contributed by atoms with van der Waals surface area (Å²) in [6, 6.07) is 1.39. The van der Waals surface area contributed by atoms with E-state index in [2.05, 4.69) is 34.4 Å². The number of pyridine rings is 1. The number of amides is 1. The summed E-state index contributed by atoms with van der Waals surface area (Å²) in [6.45, 7) is 9.65. The van der Waals surface area contributed by atoms with Crippen molar-refractivity contribution in [3.05, 3.63) is 23.6 Å². The lowest BCUT2D eigenvalue weighted by atomic mass is 10.2. The Balaban J connectivity index is 2.61. The van der Waals surface area contributed by atoms with E-state index in [0.717, 1.165) is 19.6 Å². The van der Waals surface area contributed by atoms with Gasteiger partial charge in [-0.3, -0.25) is 4.79 Å². The molecule has 0 aliphatic heterocycles. The lowest BCUT2D eigenvalue weighted by Crippen LogP contribution is -2.35. The highest BCUT2D eigenvalue weighted by atomic mass is 19.1. The van der Waals surface area contributed by atoms with Crippen LogP contribution < -0.4 is 10.6 Å². The maximum absolute atomic E-state index is 14.0. The molecule has 0 aliphatic carbocycles. The second-order valence-electron chi connectivity index (χ2n) is 4.33. The lowest BCUT2D eigenvalue weighted by molar-refractivity contribution is 0.0945.